The van der Waals surface area contributed by atoms with Crippen molar-refractivity contribution in [3.05, 3.63) is 42.5 Å². The van der Waals surface area contributed by atoms with Crippen LogP contribution in [0.15, 0.2) is 41.0 Å². The molecule has 0 radical (unpaired) electrons. The second kappa shape index (κ2) is 4.10. The summed E-state index contributed by atoms with van der Waals surface area (Å²) in [7, 11) is 0. The molecule has 2 aromatic rings. The van der Waals surface area contributed by atoms with Crippen molar-refractivity contribution in [3.8, 4) is 11.3 Å². The first-order chi connectivity index (χ1) is 7.92. The summed E-state index contributed by atoms with van der Waals surface area (Å²) in [6.07, 6.45) is 2.69. The van der Waals surface area contributed by atoms with Gasteiger partial charge in [-0.3, -0.25) is 0 Å². The first-order valence-electron chi connectivity index (χ1n) is 5.62. The zero-order chi connectivity index (χ0) is 10.8. The summed E-state index contributed by atoms with van der Waals surface area (Å²) in [4.78, 5) is 4.51. The van der Waals surface area contributed by atoms with E-state index in [1.54, 1.807) is 6.26 Å². The molecule has 1 N–H and O–H groups in total. The minimum atomic E-state index is 0.697. The summed E-state index contributed by atoms with van der Waals surface area (Å²) < 4.78 is 5.49. The van der Waals surface area contributed by atoms with Crippen LogP contribution in [0.25, 0.3) is 11.3 Å². The molecule has 3 rings (SSSR count). The van der Waals surface area contributed by atoms with Gasteiger partial charge in [-0.1, -0.05) is 30.3 Å². The third-order valence-corrected chi connectivity index (χ3v) is 2.95. The molecule has 0 unspecified atom stereocenters. The van der Waals surface area contributed by atoms with Crippen LogP contribution in [0.5, 0.6) is 0 Å². The van der Waals surface area contributed by atoms with Crippen LogP contribution in [0.3, 0.4) is 0 Å². The Kier molecular flexibility index (Phi) is 2.46. The van der Waals surface area contributed by atoms with Gasteiger partial charge in [0.1, 0.15) is 12.0 Å². The molecule has 0 atom stereocenters. The molecule has 0 saturated carbocycles. The maximum atomic E-state index is 5.49. The fraction of sp³-hybridized carbons (Fsp3) is 0.308. The lowest BCUT2D eigenvalue weighted by Gasteiger charge is -2.25. The van der Waals surface area contributed by atoms with Crippen LogP contribution in [0.1, 0.15) is 5.89 Å². The molecule has 1 aliphatic heterocycles. The minimum absolute atomic E-state index is 0.697. The highest BCUT2D eigenvalue weighted by atomic mass is 16.3. The lowest BCUT2D eigenvalue weighted by atomic mass is 10.00. The molecule has 3 heteroatoms. The Bertz CT molecular complexity index is 460. The Morgan fingerprint density at radius 2 is 2.06 bits per heavy atom. The molecule has 0 spiro atoms. The molecule has 1 aliphatic rings. The monoisotopic (exact) mass is 214 g/mol. The van der Waals surface area contributed by atoms with Gasteiger partial charge in [-0.05, 0) is 19.0 Å². The van der Waals surface area contributed by atoms with Crippen molar-refractivity contribution in [1.29, 1.82) is 0 Å². The Morgan fingerprint density at radius 3 is 2.75 bits per heavy atom. The molecule has 1 fully saturated rings. The summed E-state index contributed by atoms with van der Waals surface area (Å²) >= 11 is 0. The van der Waals surface area contributed by atoms with Gasteiger partial charge < -0.3 is 9.73 Å². The van der Waals surface area contributed by atoms with Crippen molar-refractivity contribution in [2.45, 2.75) is 6.42 Å². The van der Waals surface area contributed by atoms with Gasteiger partial charge in [0.25, 0.3) is 0 Å². The number of hydrogen-bond acceptors (Lipinski definition) is 3. The predicted molar refractivity (Wildman–Crippen MR) is 62.0 cm³/mol. The van der Waals surface area contributed by atoms with Crippen molar-refractivity contribution in [2.24, 2.45) is 5.92 Å². The average Bonchev–Trinajstić information content (AvgIpc) is 2.73. The van der Waals surface area contributed by atoms with Crippen molar-refractivity contribution in [1.82, 2.24) is 10.3 Å². The fourth-order valence-corrected chi connectivity index (χ4v) is 1.89. The SMILES string of the molecule is c1ccc(-c2coc(CC3CNC3)n2)cc1. The number of aromatic nitrogens is 1. The van der Waals surface area contributed by atoms with E-state index in [9.17, 15) is 0 Å². The number of benzene rings is 1. The molecular formula is C13H14N2O. The van der Waals surface area contributed by atoms with Gasteiger partial charge in [0.2, 0.25) is 0 Å². The van der Waals surface area contributed by atoms with Crippen LogP contribution in [0.2, 0.25) is 0 Å². The molecule has 16 heavy (non-hydrogen) atoms. The molecule has 3 nitrogen and oxygen atoms in total. The van der Waals surface area contributed by atoms with Crippen LogP contribution >= 0.6 is 0 Å². The van der Waals surface area contributed by atoms with Crippen molar-refractivity contribution in [2.75, 3.05) is 13.1 Å². The maximum Gasteiger partial charge on any atom is 0.194 e. The van der Waals surface area contributed by atoms with E-state index in [1.165, 1.54) is 0 Å². The van der Waals surface area contributed by atoms with Gasteiger partial charge in [-0.25, -0.2) is 4.98 Å². The Morgan fingerprint density at radius 1 is 1.25 bits per heavy atom. The highest BCUT2D eigenvalue weighted by molar-refractivity contribution is 5.57. The van der Waals surface area contributed by atoms with E-state index < -0.39 is 0 Å². The summed E-state index contributed by atoms with van der Waals surface area (Å²) in [5, 5.41) is 3.25. The number of hydrogen-bond donors (Lipinski definition) is 1. The lowest BCUT2D eigenvalue weighted by Crippen LogP contribution is -2.43. The van der Waals surface area contributed by atoms with Crippen LogP contribution in [0, 0.1) is 5.92 Å². The average molecular weight is 214 g/mol. The highest BCUT2D eigenvalue weighted by Gasteiger charge is 2.19. The third-order valence-electron chi connectivity index (χ3n) is 2.95. The maximum absolute atomic E-state index is 5.49. The molecule has 1 saturated heterocycles. The van der Waals surface area contributed by atoms with Crippen LogP contribution in [0.4, 0.5) is 0 Å². The van der Waals surface area contributed by atoms with Gasteiger partial charge in [0.05, 0.1) is 0 Å². The quantitative estimate of drug-likeness (QED) is 0.850. The molecule has 0 amide bonds. The van der Waals surface area contributed by atoms with E-state index in [4.69, 9.17) is 4.42 Å². The van der Waals surface area contributed by atoms with E-state index in [-0.39, 0.29) is 0 Å². The summed E-state index contributed by atoms with van der Waals surface area (Å²) in [6, 6.07) is 10.1. The van der Waals surface area contributed by atoms with Gasteiger partial charge >= 0.3 is 0 Å². The molecular weight excluding hydrogens is 200 g/mol. The molecule has 0 bridgehead atoms. The molecule has 1 aromatic heterocycles. The summed E-state index contributed by atoms with van der Waals surface area (Å²) in [6.45, 7) is 2.17. The molecule has 0 aliphatic carbocycles. The van der Waals surface area contributed by atoms with Crippen LogP contribution in [-0.4, -0.2) is 18.1 Å². The van der Waals surface area contributed by atoms with Crippen molar-refractivity contribution < 1.29 is 4.42 Å². The highest BCUT2D eigenvalue weighted by Crippen LogP contribution is 2.20. The van der Waals surface area contributed by atoms with Gasteiger partial charge in [0, 0.05) is 12.0 Å². The largest absolute Gasteiger partial charge is 0.448 e. The fourth-order valence-electron chi connectivity index (χ4n) is 1.89. The summed E-state index contributed by atoms with van der Waals surface area (Å²) in [5.74, 6) is 1.55. The topological polar surface area (TPSA) is 38.1 Å². The normalized spacial score (nSPS) is 16.0. The van der Waals surface area contributed by atoms with Gasteiger partial charge in [-0.15, -0.1) is 0 Å². The van der Waals surface area contributed by atoms with E-state index in [1.807, 2.05) is 30.3 Å². The minimum Gasteiger partial charge on any atom is -0.448 e. The van der Waals surface area contributed by atoms with Crippen molar-refractivity contribution in [3.63, 3.8) is 0 Å². The number of rotatable bonds is 3. The van der Waals surface area contributed by atoms with Crippen LogP contribution in [-0.2, 0) is 6.42 Å². The Labute approximate surface area is 94.5 Å². The number of oxazole rings is 1. The predicted octanol–water partition coefficient (Wildman–Crippen LogP) is 2.10. The molecule has 82 valence electrons. The first kappa shape index (κ1) is 9.60. The Hall–Kier alpha value is -1.61. The molecule has 1 aromatic carbocycles. The smallest absolute Gasteiger partial charge is 0.194 e. The second-order valence-electron chi connectivity index (χ2n) is 4.22. The second-order valence-corrected chi connectivity index (χ2v) is 4.22. The zero-order valence-electron chi connectivity index (χ0n) is 9.02. The Balaban J connectivity index is 1.77. The van der Waals surface area contributed by atoms with E-state index in [0.29, 0.717) is 5.92 Å². The number of nitrogens with one attached hydrogen (secondary N) is 1. The van der Waals surface area contributed by atoms with Crippen molar-refractivity contribution >= 4 is 0 Å². The van der Waals surface area contributed by atoms with Crippen LogP contribution < -0.4 is 5.32 Å². The number of nitrogens with zero attached hydrogens (tertiary/aromatic N) is 1. The summed E-state index contributed by atoms with van der Waals surface area (Å²) in [5.41, 5.74) is 2.05. The van der Waals surface area contributed by atoms with E-state index in [0.717, 1.165) is 36.7 Å². The van der Waals surface area contributed by atoms with Gasteiger partial charge in [0.15, 0.2) is 5.89 Å². The van der Waals surface area contributed by atoms with Gasteiger partial charge in [-0.2, -0.15) is 0 Å². The van der Waals surface area contributed by atoms with E-state index >= 15 is 0 Å². The third kappa shape index (κ3) is 1.86. The lowest BCUT2D eigenvalue weighted by molar-refractivity contribution is 0.318. The molecule has 2 heterocycles. The van der Waals surface area contributed by atoms with E-state index in [2.05, 4.69) is 10.3 Å². The first-order valence-corrected chi connectivity index (χ1v) is 5.62. The zero-order valence-corrected chi connectivity index (χ0v) is 9.02. The standard InChI is InChI=1S/C13H14N2O/c1-2-4-11(5-3-1)12-9-16-13(15-12)6-10-7-14-8-10/h1-5,9-10,14H,6-8H2.